The van der Waals surface area contributed by atoms with E-state index in [1.165, 1.54) is 0 Å². The SMILES string of the molecule is CCOc1nc2ccc(Br)cc2n1-c1ccnc(N)n1. The first-order chi connectivity index (χ1) is 9.69. The summed E-state index contributed by atoms with van der Waals surface area (Å²) in [5.41, 5.74) is 7.37. The first-order valence-electron chi connectivity index (χ1n) is 6.08. The van der Waals surface area contributed by atoms with Gasteiger partial charge < -0.3 is 10.5 Å². The maximum Gasteiger partial charge on any atom is 0.303 e. The number of nitrogens with zero attached hydrogens (tertiary/aromatic N) is 4. The molecule has 102 valence electrons. The third kappa shape index (κ3) is 2.20. The number of nitrogens with two attached hydrogens (primary N) is 1. The molecule has 2 N–H and O–H groups in total. The third-order valence-corrected chi connectivity index (χ3v) is 3.24. The van der Waals surface area contributed by atoms with Crippen LogP contribution in [0.25, 0.3) is 16.9 Å². The van der Waals surface area contributed by atoms with Gasteiger partial charge in [0.15, 0.2) is 0 Å². The van der Waals surface area contributed by atoms with Crippen LogP contribution in [-0.4, -0.2) is 26.1 Å². The highest BCUT2D eigenvalue weighted by Gasteiger charge is 2.15. The highest BCUT2D eigenvalue weighted by atomic mass is 79.9. The van der Waals surface area contributed by atoms with Gasteiger partial charge in [0.2, 0.25) is 5.95 Å². The Morgan fingerprint density at radius 1 is 1.30 bits per heavy atom. The minimum Gasteiger partial charge on any atom is -0.465 e. The molecule has 0 amide bonds. The van der Waals surface area contributed by atoms with Gasteiger partial charge in [-0.15, -0.1) is 0 Å². The normalized spacial score (nSPS) is 10.9. The van der Waals surface area contributed by atoms with Gasteiger partial charge in [0.25, 0.3) is 0 Å². The van der Waals surface area contributed by atoms with E-state index in [0.717, 1.165) is 15.5 Å². The molecule has 0 bridgehead atoms. The molecule has 0 saturated carbocycles. The third-order valence-electron chi connectivity index (χ3n) is 2.75. The lowest BCUT2D eigenvalue weighted by atomic mass is 10.3. The molecular formula is C13H12BrN5O. The average Bonchev–Trinajstić information content (AvgIpc) is 2.76. The zero-order valence-electron chi connectivity index (χ0n) is 10.7. The van der Waals surface area contributed by atoms with E-state index < -0.39 is 0 Å². The van der Waals surface area contributed by atoms with Gasteiger partial charge in [0, 0.05) is 16.7 Å². The van der Waals surface area contributed by atoms with Crippen molar-refractivity contribution in [3.05, 3.63) is 34.9 Å². The number of aromatic nitrogens is 4. The summed E-state index contributed by atoms with van der Waals surface area (Å²) in [5, 5.41) is 0. The van der Waals surface area contributed by atoms with Crippen LogP contribution in [0, 0.1) is 0 Å². The van der Waals surface area contributed by atoms with Crippen LogP contribution in [0.2, 0.25) is 0 Å². The molecule has 3 aromatic rings. The molecule has 3 rings (SSSR count). The molecule has 0 radical (unpaired) electrons. The van der Waals surface area contributed by atoms with Crippen LogP contribution in [0.1, 0.15) is 6.92 Å². The Hall–Kier alpha value is -2.15. The summed E-state index contributed by atoms with van der Waals surface area (Å²) in [6, 6.07) is 8.07. The molecule has 0 atom stereocenters. The summed E-state index contributed by atoms with van der Waals surface area (Å²) in [6.45, 7) is 2.43. The lowest BCUT2D eigenvalue weighted by Gasteiger charge is -2.08. The van der Waals surface area contributed by atoms with E-state index in [1.807, 2.05) is 29.7 Å². The van der Waals surface area contributed by atoms with Crippen molar-refractivity contribution in [1.29, 1.82) is 0 Å². The number of benzene rings is 1. The molecule has 0 aliphatic carbocycles. The van der Waals surface area contributed by atoms with Crippen LogP contribution >= 0.6 is 15.9 Å². The highest BCUT2D eigenvalue weighted by Crippen LogP contribution is 2.27. The van der Waals surface area contributed by atoms with Crippen LogP contribution in [-0.2, 0) is 0 Å². The fourth-order valence-electron chi connectivity index (χ4n) is 1.96. The Labute approximate surface area is 123 Å². The van der Waals surface area contributed by atoms with Crippen molar-refractivity contribution in [2.24, 2.45) is 0 Å². The smallest absolute Gasteiger partial charge is 0.303 e. The number of hydrogen-bond donors (Lipinski definition) is 1. The Morgan fingerprint density at radius 2 is 2.15 bits per heavy atom. The molecule has 2 heterocycles. The predicted molar refractivity (Wildman–Crippen MR) is 79.9 cm³/mol. The number of rotatable bonds is 3. The number of halogens is 1. The monoisotopic (exact) mass is 333 g/mol. The lowest BCUT2D eigenvalue weighted by molar-refractivity contribution is 0.309. The van der Waals surface area contributed by atoms with E-state index in [-0.39, 0.29) is 5.95 Å². The number of fused-ring (bicyclic) bond motifs is 1. The van der Waals surface area contributed by atoms with Crippen molar-refractivity contribution < 1.29 is 4.74 Å². The van der Waals surface area contributed by atoms with Crippen molar-refractivity contribution in [1.82, 2.24) is 19.5 Å². The molecule has 0 aliphatic rings. The second kappa shape index (κ2) is 5.09. The van der Waals surface area contributed by atoms with Crippen LogP contribution in [0.15, 0.2) is 34.9 Å². The van der Waals surface area contributed by atoms with Gasteiger partial charge in [-0.3, -0.25) is 0 Å². The summed E-state index contributed by atoms with van der Waals surface area (Å²) in [5.74, 6) is 0.836. The number of anilines is 1. The van der Waals surface area contributed by atoms with Crippen molar-refractivity contribution in [3.63, 3.8) is 0 Å². The molecule has 6 nitrogen and oxygen atoms in total. The van der Waals surface area contributed by atoms with Gasteiger partial charge in [0.05, 0.1) is 17.6 Å². The molecule has 0 aliphatic heterocycles. The molecule has 0 spiro atoms. The Bertz CT molecular complexity index is 771. The van der Waals surface area contributed by atoms with Gasteiger partial charge in [-0.2, -0.15) is 9.97 Å². The number of nitrogen functional groups attached to an aromatic ring is 1. The molecule has 7 heteroatoms. The quantitative estimate of drug-likeness (QED) is 0.796. The molecule has 0 fully saturated rings. The first kappa shape index (κ1) is 12.9. The molecular weight excluding hydrogens is 322 g/mol. The topological polar surface area (TPSA) is 78.8 Å². The number of hydrogen-bond acceptors (Lipinski definition) is 5. The fourth-order valence-corrected chi connectivity index (χ4v) is 2.31. The summed E-state index contributed by atoms with van der Waals surface area (Å²) in [4.78, 5) is 12.6. The minimum atomic E-state index is 0.210. The van der Waals surface area contributed by atoms with Gasteiger partial charge >= 0.3 is 6.01 Å². The summed E-state index contributed by atoms with van der Waals surface area (Å²) < 4.78 is 8.37. The molecule has 20 heavy (non-hydrogen) atoms. The van der Waals surface area contributed by atoms with E-state index in [0.29, 0.717) is 18.4 Å². The molecule has 2 aromatic heterocycles. The standard InChI is InChI=1S/C13H12BrN5O/c1-2-20-13-17-9-4-3-8(14)7-10(9)19(13)11-5-6-16-12(15)18-11/h3-7H,2H2,1H3,(H2,15,16,18). The molecule has 1 aromatic carbocycles. The molecule has 0 saturated heterocycles. The van der Waals surface area contributed by atoms with Crippen LogP contribution < -0.4 is 10.5 Å². The fraction of sp³-hybridized carbons (Fsp3) is 0.154. The van der Waals surface area contributed by atoms with Gasteiger partial charge in [0.1, 0.15) is 5.82 Å². The first-order valence-corrected chi connectivity index (χ1v) is 6.88. The van der Waals surface area contributed by atoms with E-state index >= 15 is 0 Å². The number of ether oxygens (including phenoxy) is 1. The van der Waals surface area contributed by atoms with Gasteiger partial charge in [-0.25, -0.2) is 9.55 Å². The van der Waals surface area contributed by atoms with Crippen molar-refractivity contribution in [2.45, 2.75) is 6.92 Å². The van der Waals surface area contributed by atoms with Crippen LogP contribution in [0.4, 0.5) is 5.95 Å². The van der Waals surface area contributed by atoms with Crippen LogP contribution in [0.3, 0.4) is 0 Å². The maximum atomic E-state index is 5.66. The maximum absolute atomic E-state index is 5.66. The zero-order chi connectivity index (χ0) is 14.1. The second-order valence-electron chi connectivity index (χ2n) is 4.07. The highest BCUT2D eigenvalue weighted by molar-refractivity contribution is 9.10. The van der Waals surface area contributed by atoms with E-state index in [1.54, 1.807) is 12.3 Å². The van der Waals surface area contributed by atoms with Crippen LogP contribution in [0.5, 0.6) is 6.01 Å². The summed E-state index contributed by atoms with van der Waals surface area (Å²) in [6.07, 6.45) is 1.61. The van der Waals surface area contributed by atoms with E-state index in [4.69, 9.17) is 10.5 Å². The zero-order valence-corrected chi connectivity index (χ0v) is 12.3. The Kier molecular flexibility index (Phi) is 3.27. The van der Waals surface area contributed by atoms with Crippen molar-refractivity contribution >= 4 is 32.9 Å². The van der Waals surface area contributed by atoms with Crippen molar-refractivity contribution in [2.75, 3.05) is 12.3 Å². The largest absolute Gasteiger partial charge is 0.465 e. The van der Waals surface area contributed by atoms with Gasteiger partial charge in [-0.1, -0.05) is 15.9 Å². The minimum absolute atomic E-state index is 0.210. The Morgan fingerprint density at radius 3 is 2.90 bits per heavy atom. The average molecular weight is 334 g/mol. The van der Waals surface area contributed by atoms with E-state index in [9.17, 15) is 0 Å². The van der Waals surface area contributed by atoms with Gasteiger partial charge in [-0.05, 0) is 25.1 Å². The summed E-state index contributed by atoms with van der Waals surface area (Å²) >= 11 is 3.46. The second-order valence-corrected chi connectivity index (χ2v) is 4.98. The predicted octanol–water partition coefficient (Wildman–Crippen LogP) is 2.56. The van der Waals surface area contributed by atoms with E-state index in [2.05, 4.69) is 30.9 Å². The van der Waals surface area contributed by atoms with Crippen molar-refractivity contribution in [3.8, 4) is 11.8 Å². The number of imidazole rings is 1. The lowest BCUT2D eigenvalue weighted by Crippen LogP contribution is -2.05. The molecule has 0 unspecified atom stereocenters. The summed E-state index contributed by atoms with van der Waals surface area (Å²) in [7, 11) is 0. The Balaban J connectivity index is 2.30.